The molecule has 4 aromatic rings. The van der Waals surface area contributed by atoms with E-state index < -0.39 is 21.7 Å². The number of hydrazone groups is 1. The molecule has 0 aliphatic carbocycles. The van der Waals surface area contributed by atoms with Crippen LogP contribution in [-0.2, 0) is 9.84 Å². The lowest BCUT2D eigenvalue weighted by Gasteiger charge is -2.10. The SMILES string of the molecule is CS(=O)(=O)c1csc(C(=O)Nc2ccc(C=NNC(=O)c3ccc(O)c(Cl)c3)c3ccccc23)c1Cl. The number of halogens is 2. The number of sulfone groups is 1. The van der Waals surface area contributed by atoms with Crippen LogP contribution in [0.2, 0.25) is 10.0 Å². The molecule has 0 atom stereocenters. The topological polar surface area (TPSA) is 125 Å². The summed E-state index contributed by atoms with van der Waals surface area (Å²) in [6.07, 6.45) is 2.49. The average Bonchev–Trinajstić information content (AvgIpc) is 3.24. The Balaban J connectivity index is 1.57. The highest BCUT2D eigenvalue weighted by molar-refractivity contribution is 7.91. The highest BCUT2D eigenvalue weighted by Crippen LogP contribution is 2.33. The van der Waals surface area contributed by atoms with Gasteiger partial charge >= 0.3 is 0 Å². The van der Waals surface area contributed by atoms with E-state index in [1.165, 1.54) is 29.8 Å². The second-order valence-electron chi connectivity index (χ2n) is 7.58. The maximum absolute atomic E-state index is 12.9. The number of amides is 2. The van der Waals surface area contributed by atoms with Crippen molar-refractivity contribution in [3.63, 3.8) is 0 Å². The van der Waals surface area contributed by atoms with Crippen LogP contribution in [0.3, 0.4) is 0 Å². The van der Waals surface area contributed by atoms with Crippen molar-refractivity contribution < 1.29 is 23.1 Å². The highest BCUT2D eigenvalue weighted by atomic mass is 35.5. The van der Waals surface area contributed by atoms with Gasteiger partial charge in [0.2, 0.25) is 0 Å². The van der Waals surface area contributed by atoms with Crippen LogP contribution >= 0.6 is 34.5 Å². The zero-order valence-electron chi connectivity index (χ0n) is 18.5. The molecule has 36 heavy (non-hydrogen) atoms. The molecule has 1 heterocycles. The van der Waals surface area contributed by atoms with Crippen molar-refractivity contribution in [2.45, 2.75) is 4.90 Å². The van der Waals surface area contributed by atoms with Gasteiger partial charge in [0.25, 0.3) is 11.8 Å². The smallest absolute Gasteiger partial charge is 0.271 e. The maximum atomic E-state index is 12.9. The first kappa shape index (κ1) is 25.6. The molecule has 3 N–H and O–H groups in total. The van der Waals surface area contributed by atoms with E-state index in [2.05, 4.69) is 15.8 Å². The Labute approximate surface area is 220 Å². The van der Waals surface area contributed by atoms with Gasteiger partial charge in [-0.25, -0.2) is 13.8 Å². The van der Waals surface area contributed by atoms with E-state index in [0.717, 1.165) is 23.0 Å². The Hall–Kier alpha value is -3.44. The molecule has 0 spiro atoms. The predicted octanol–water partition coefficient (Wildman–Crippen LogP) is 5.33. The van der Waals surface area contributed by atoms with Gasteiger partial charge in [0.1, 0.15) is 10.6 Å². The van der Waals surface area contributed by atoms with Crippen molar-refractivity contribution in [2.75, 3.05) is 11.6 Å². The number of nitrogens with zero attached hydrogens (tertiary/aromatic N) is 1. The number of nitrogens with one attached hydrogen (secondary N) is 2. The van der Waals surface area contributed by atoms with Crippen LogP contribution in [0, 0.1) is 0 Å². The molecule has 1 aromatic heterocycles. The standard InChI is InChI=1S/C24H17Cl2N3O5S2/c1-36(33,34)20-12-35-22(21(20)26)24(32)28-18-8-6-14(15-4-2-3-5-16(15)18)11-27-29-23(31)13-7-9-19(30)17(25)10-13/h2-12,30H,1H3,(H,28,32)(H,29,31). The first-order valence-corrected chi connectivity index (χ1v) is 13.7. The Bertz CT molecular complexity index is 1650. The Morgan fingerprint density at radius 2 is 1.75 bits per heavy atom. The zero-order chi connectivity index (χ0) is 26.0. The molecule has 2 amide bonds. The number of anilines is 1. The minimum absolute atomic E-state index is 0.0478. The van der Waals surface area contributed by atoms with Gasteiger partial charge in [0, 0.05) is 33.8 Å². The molecule has 12 heteroatoms. The Morgan fingerprint density at radius 3 is 2.42 bits per heavy atom. The number of hydrogen-bond donors (Lipinski definition) is 3. The molecule has 0 bridgehead atoms. The number of fused-ring (bicyclic) bond motifs is 1. The minimum Gasteiger partial charge on any atom is -0.506 e. The number of aromatic hydroxyl groups is 1. The molecular weight excluding hydrogens is 545 g/mol. The molecule has 0 aliphatic rings. The number of carbonyl (C=O) groups is 2. The van der Waals surface area contributed by atoms with Crippen molar-refractivity contribution >= 4 is 78.9 Å². The van der Waals surface area contributed by atoms with Crippen LogP contribution in [0.1, 0.15) is 25.6 Å². The van der Waals surface area contributed by atoms with E-state index in [1.54, 1.807) is 24.3 Å². The second-order valence-corrected chi connectivity index (χ2v) is 11.2. The van der Waals surface area contributed by atoms with Crippen molar-refractivity contribution in [3.05, 3.63) is 86.0 Å². The van der Waals surface area contributed by atoms with Crippen molar-refractivity contribution in [2.24, 2.45) is 5.10 Å². The van der Waals surface area contributed by atoms with Crippen LogP contribution in [0.4, 0.5) is 5.69 Å². The number of phenols is 1. The Kier molecular flexibility index (Phi) is 7.32. The minimum atomic E-state index is -3.56. The summed E-state index contributed by atoms with van der Waals surface area (Å²) in [6.45, 7) is 0. The van der Waals surface area contributed by atoms with Gasteiger partial charge < -0.3 is 10.4 Å². The fourth-order valence-electron chi connectivity index (χ4n) is 3.33. The molecular formula is C24H17Cl2N3O5S2. The van der Waals surface area contributed by atoms with Crippen LogP contribution in [0.25, 0.3) is 10.8 Å². The first-order valence-electron chi connectivity index (χ1n) is 10.2. The van der Waals surface area contributed by atoms with Crippen LogP contribution in [-0.4, -0.2) is 37.8 Å². The van der Waals surface area contributed by atoms with Gasteiger partial charge in [-0.1, -0.05) is 53.5 Å². The summed E-state index contributed by atoms with van der Waals surface area (Å²) >= 11 is 12.9. The maximum Gasteiger partial charge on any atom is 0.271 e. The molecule has 0 unspecified atom stereocenters. The molecule has 4 rings (SSSR count). The van der Waals surface area contributed by atoms with Crippen molar-refractivity contribution in [1.82, 2.24) is 5.43 Å². The third kappa shape index (κ3) is 5.36. The zero-order valence-corrected chi connectivity index (χ0v) is 21.6. The Morgan fingerprint density at radius 1 is 1.03 bits per heavy atom. The van der Waals surface area contributed by atoms with Gasteiger partial charge in [-0.15, -0.1) is 11.3 Å². The van der Waals surface area contributed by atoms with Crippen molar-refractivity contribution in [3.8, 4) is 5.75 Å². The third-order valence-electron chi connectivity index (χ3n) is 5.09. The summed E-state index contributed by atoms with van der Waals surface area (Å²) in [6, 6.07) is 14.7. The largest absolute Gasteiger partial charge is 0.506 e. The summed E-state index contributed by atoms with van der Waals surface area (Å²) in [4.78, 5) is 25.2. The van der Waals surface area contributed by atoms with Crippen molar-refractivity contribution in [1.29, 1.82) is 0 Å². The lowest BCUT2D eigenvalue weighted by Crippen LogP contribution is -2.17. The lowest BCUT2D eigenvalue weighted by molar-refractivity contribution is 0.0954. The van der Waals surface area contributed by atoms with E-state index in [9.17, 15) is 23.1 Å². The lowest BCUT2D eigenvalue weighted by atomic mass is 10.0. The second kappa shape index (κ2) is 10.3. The van der Waals surface area contributed by atoms with Gasteiger partial charge in [-0.3, -0.25) is 9.59 Å². The molecule has 0 aliphatic heterocycles. The van der Waals surface area contributed by atoms with Gasteiger partial charge in [0.15, 0.2) is 9.84 Å². The quantitative estimate of drug-likeness (QED) is 0.216. The predicted molar refractivity (Wildman–Crippen MR) is 143 cm³/mol. The normalized spacial score (nSPS) is 11.6. The third-order valence-corrected chi connectivity index (χ3v) is 8.26. The number of carbonyl (C=O) groups excluding carboxylic acids is 2. The van der Waals surface area contributed by atoms with E-state index in [0.29, 0.717) is 16.6 Å². The average molecular weight is 562 g/mol. The van der Waals surface area contributed by atoms with Gasteiger partial charge in [-0.05, 0) is 29.7 Å². The fraction of sp³-hybridized carbons (Fsp3) is 0.0417. The summed E-state index contributed by atoms with van der Waals surface area (Å²) < 4.78 is 23.7. The molecule has 0 saturated carbocycles. The van der Waals surface area contributed by atoms with E-state index in [4.69, 9.17) is 23.2 Å². The molecule has 8 nitrogen and oxygen atoms in total. The number of benzene rings is 3. The number of phenolic OH excluding ortho intramolecular Hbond substituents is 1. The number of thiophene rings is 1. The monoisotopic (exact) mass is 561 g/mol. The molecule has 184 valence electrons. The van der Waals surface area contributed by atoms with Crippen LogP contribution in [0.15, 0.2) is 70.0 Å². The van der Waals surface area contributed by atoms with Gasteiger partial charge in [0.05, 0.1) is 21.2 Å². The van der Waals surface area contributed by atoms with Crippen LogP contribution < -0.4 is 10.7 Å². The summed E-state index contributed by atoms with van der Waals surface area (Å²) in [5.41, 5.74) is 3.79. The number of hydrogen-bond acceptors (Lipinski definition) is 7. The van der Waals surface area contributed by atoms with E-state index >= 15 is 0 Å². The molecule has 3 aromatic carbocycles. The first-order chi connectivity index (χ1) is 17.1. The molecule has 0 radical (unpaired) electrons. The van der Waals surface area contributed by atoms with Gasteiger partial charge in [-0.2, -0.15) is 5.10 Å². The van der Waals surface area contributed by atoms with E-state index in [-0.39, 0.29) is 31.1 Å². The summed E-state index contributed by atoms with van der Waals surface area (Å²) in [5, 5.41) is 19.0. The molecule has 0 saturated heterocycles. The van der Waals surface area contributed by atoms with Crippen LogP contribution in [0.5, 0.6) is 5.75 Å². The molecule has 0 fully saturated rings. The van der Waals surface area contributed by atoms with E-state index in [1.807, 2.05) is 12.1 Å². The fourth-order valence-corrected chi connectivity index (χ4v) is 6.32. The summed E-state index contributed by atoms with van der Waals surface area (Å²) in [7, 11) is -3.56. The number of rotatable bonds is 6. The highest BCUT2D eigenvalue weighted by Gasteiger charge is 2.22. The summed E-state index contributed by atoms with van der Waals surface area (Å²) in [5.74, 6) is -1.18.